The highest BCUT2D eigenvalue weighted by atomic mass is 14.8. The van der Waals surface area contributed by atoms with Gasteiger partial charge in [-0.1, -0.05) is 32.6 Å². The average molecular weight is 297 g/mol. The zero-order chi connectivity index (χ0) is 15.4. The van der Waals surface area contributed by atoms with E-state index in [1.165, 1.54) is 61.0 Å². The molecule has 0 atom stereocenters. The average Bonchev–Trinajstić information content (AvgIpc) is 3.07. The maximum atomic E-state index is 4.88. The first-order valence-corrected chi connectivity index (χ1v) is 8.68. The zero-order valence-electron chi connectivity index (χ0n) is 13.8. The Kier molecular flexibility index (Phi) is 4.81. The molecule has 1 fully saturated rings. The number of nitrogens with one attached hydrogen (secondary N) is 2. The second-order valence-corrected chi connectivity index (χ2v) is 6.38. The van der Waals surface area contributed by atoms with Gasteiger partial charge < -0.3 is 9.97 Å². The summed E-state index contributed by atoms with van der Waals surface area (Å²) in [5.74, 6) is 0. The van der Waals surface area contributed by atoms with Crippen molar-refractivity contribution in [2.75, 3.05) is 0 Å². The van der Waals surface area contributed by atoms with Gasteiger partial charge in [0.05, 0.1) is 23.1 Å². The minimum atomic E-state index is 0.518. The quantitative estimate of drug-likeness (QED) is 0.588. The zero-order valence-corrected chi connectivity index (χ0v) is 13.8. The Hall–Kier alpha value is -1.77. The summed E-state index contributed by atoms with van der Waals surface area (Å²) in [6, 6.07) is 4.69. The van der Waals surface area contributed by atoms with Crippen LogP contribution >= 0.6 is 0 Å². The summed E-state index contributed by atoms with van der Waals surface area (Å²) in [5.41, 5.74) is 6.28. The van der Waals surface area contributed by atoms with E-state index in [2.05, 4.69) is 36.1 Å². The number of hydrogen-bond donors (Lipinski definition) is 2. The SMILES string of the molecule is CCc1c(-c2ccc[nH]2)[nH]c(C=NC2CCCCCC2)c1C. The fraction of sp³-hybridized carbons (Fsp3) is 0.526. The van der Waals surface area contributed by atoms with E-state index in [1.54, 1.807) is 0 Å². The number of aromatic nitrogens is 2. The van der Waals surface area contributed by atoms with Gasteiger partial charge in [0.2, 0.25) is 0 Å². The summed E-state index contributed by atoms with van der Waals surface area (Å²) < 4.78 is 0. The Morgan fingerprint density at radius 3 is 2.64 bits per heavy atom. The van der Waals surface area contributed by atoms with Gasteiger partial charge in [0.25, 0.3) is 0 Å². The Labute approximate surface area is 133 Å². The van der Waals surface area contributed by atoms with Gasteiger partial charge in [-0.2, -0.15) is 0 Å². The van der Waals surface area contributed by atoms with Crippen LogP contribution in [0.15, 0.2) is 23.3 Å². The molecule has 3 nitrogen and oxygen atoms in total. The molecule has 0 aromatic carbocycles. The molecule has 0 bridgehead atoms. The lowest BCUT2D eigenvalue weighted by Crippen LogP contribution is -2.03. The van der Waals surface area contributed by atoms with Gasteiger partial charge in [0.1, 0.15) is 0 Å². The van der Waals surface area contributed by atoms with E-state index < -0.39 is 0 Å². The molecule has 0 aliphatic heterocycles. The molecular weight excluding hydrogens is 270 g/mol. The first-order chi connectivity index (χ1) is 10.8. The van der Waals surface area contributed by atoms with E-state index in [1.807, 2.05) is 12.3 Å². The predicted molar refractivity (Wildman–Crippen MR) is 93.8 cm³/mol. The molecule has 1 aliphatic rings. The third-order valence-electron chi connectivity index (χ3n) is 4.88. The molecule has 1 saturated carbocycles. The van der Waals surface area contributed by atoms with E-state index in [4.69, 9.17) is 4.99 Å². The van der Waals surface area contributed by atoms with Crippen LogP contribution in [0.5, 0.6) is 0 Å². The molecule has 0 spiro atoms. The summed E-state index contributed by atoms with van der Waals surface area (Å²) in [6.45, 7) is 4.42. The largest absolute Gasteiger partial charge is 0.360 e. The van der Waals surface area contributed by atoms with Crippen molar-refractivity contribution in [2.45, 2.75) is 64.8 Å². The van der Waals surface area contributed by atoms with E-state index in [0.717, 1.165) is 12.1 Å². The molecule has 118 valence electrons. The maximum Gasteiger partial charge on any atom is 0.0659 e. The Balaban J connectivity index is 1.84. The number of aromatic amines is 2. The van der Waals surface area contributed by atoms with Gasteiger partial charge in [0, 0.05) is 12.4 Å². The highest BCUT2D eigenvalue weighted by Gasteiger charge is 2.15. The normalized spacial score (nSPS) is 17.2. The van der Waals surface area contributed by atoms with Gasteiger partial charge in [-0.3, -0.25) is 4.99 Å². The monoisotopic (exact) mass is 297 g/mol. The third kappa shape index (κ3) is 3.18. The Morgan fingerprint density at radius 1 is 1.23 bits per heavy atom. The Morgan fingerprint density at radius 2 is 2.00 bits per heavy atom. The van der Waals surface area contributed by atoms with Crippen LogP contribution in [-0.2, 0) is 6.42 Å². The molecule has 0 saturated heterocycles. The molecule has 2 aromatic rings. The van der Waals surface area contributed by atoms with E-state index in [0.29, 0.717) is 6.04 Å². The van der Waals surface area contributed by atoms with Crippen LogP contribution in [0.2, 0.25) is 0 Å². The van der Waals surface area contributed by atoms with Crippen molar-refractivity contribution >= 4 is 6.21 Å². The lowest BCUT2D eigenvalue weighted by molar-refractivity contribution is 0.588. The minimum absolute atomic E-state index is 0.518. The van der Waals surface area contributed by atoms with E-state index >= 15 is 0 Å². The number of rotatable bonds is 4. The second-order valence-electron chi connectivity index (χ2n) is 6.38. The fourth-order valence-electron chi connectivity index (χ4n) is 3.53. The fourth-order valence-corrected chi connectivity index (χ4v) is 3.53. The van der Waals surface area contributed by atoms with Crippen LogP contribution in [0.4, 0.5) is 0 Å². The lowest BCUT2D eigenvalue weighted by atomic mass is 10.1. The molecule has 2 heterocycles. The summed E-state index contributed by atoms with van der Waals surface area (Å²) in [7, 11) is 0. The highest BCUT2D eigenvalue weighted by molar-refractivity contribution is 5.83. The van der Waals surface area contributed by atoms with Crippen LogP contribution in [-0.4, -0.2) is 22.2 Å². The van der Waals surface area contributed by atoms with E-state index in [-0.39, 0.29) is 0 Å². The number of H-pyrrole nitrogens is 2. The van der Waals surface area contributed by atoms with Gasteiger partial charge in [-0.25, -0.2) is 0 Å². The molecular formula is C19H27N3. The van der Waals surface area contributed by atoms with Crippen molar-refractivity contribution in [1.82, 2.24) is 9.97 Å². The van der Waals surface area contributed by atoms with Crippen molar-refractivity contribution in [1.29, 1.82) is 0 Å². The van der Waals surface area contributed by atoms with E-state index in [9.17, 15) is 0 Å². The summed E-state index contributed by atoms with van der Waals surface area (Å²) in [5, 5.41) is 0. The summed E-state index contributed by atoms with van der Waals surface area (Å²) >= 11 is 0. The molecule has 2 aromatic heterocycles. The van der Waals surface area contributed by atoms with Gasteiger partial charge in [0.15, 0.2) is 0 Å². The first-order valence-electron chi connectivity index (χ1n) is 8.68. The lowest BCUT2D eigenvalue weighted by Gasteiger charge is -2.07. The number of hydrogen-bond acceptors (Lipinski definition) is 1. The smallest absolute Gasteiger partial charge is 0.0659 e. The molecule has 0 unspecified atom stereocenters. The minimum Gasteiger partial charge on any atom is -0.360 e. The summed E-state index contributed by atoms with van der Waals surface area (Å²) in [4.78, 5) is 11.8. The Bertz CT molecular complexity index is 611. The topological polar surface area (TPSA) is 43.9 Å². The van der Waals surface area contributed by atoms with Crippen LogP contribution in [0.3, 0.4) is 0 Å². The summed E-state index contributed by atoms with van der Waals surface area (Å²) in [6.07, 6.45) is 13.0. The van der Waals surface area contributed by atoms with Gasteiger partial charge >= 0.3 is 0 Å². The molecule has 0 radical (unpaired) electrons. The standard InChI is InChI=1S/C19H27N3/c1-3-16-14(2)18(22-19(16)17-11-8-12-20-17)13-21-15-9-6-4-5-7-10-15/h8,11-13,15,20,22H,3-7,9-10H2,1-2H3. The van der Waals surface area contributed by atoms with Crippen molar-refractivity contribution in [3.8, 4) is 11.4 Å². The van der Waals surface area contributed by atoms with Crippen molar-refractivity contribution in [3.63, 3.8) is 0 Å². The molecule has 22 heavy (non-hydrogen) atoms. The number of nitrogens with zero attached hydrogens (tertiary/aromatic N) is 1. The van der Waals surface area contributed by atoms with Crippen LogP contribution in [0.25, 0.3) is 11.4 Å². The molecule has 1 aliphatic carbocycles. The van der Waals surface area contributed by atoms with Crippen molar-refractivity contribution in [2.24, 2.45) is 4.99 Å². The van der Waals surface area contributed by atoms with Crippen LogP contribution in [0.1, 0.15) is 62.3 Å². The first kappa shape index (κ1) is 15.1. The second kappa shape index (κ2) is 6.99. The maximum absolute atomic E-state index is 4.88. The molecule has 3 heteroatoms. The van der Waals surface area contributed by atoms with Gasteiger partial charge in [-0.05, 0) is 49.4 Å². The molecule has 0 amide bonds. The van der Waals surface area contributed by atoms with Gasteiger partial charge in [-0.15, -0.1) is 0 Å². The molecule has 3 rings (SSSR count). The highest BCUT2D eigenvalue weighted by Crippen LogP contribution is 2.27. The third-order valence-corrected chi connectivity index (χ3v) is 4.88. The molecule has 2 N–H and O–H groups in total. The van der Waals surface area contributed by atoms with Crippen LogP contribution < -0.4 is 0 Å². The van der Waals surface area contributed by atoms with Crippen LogP contribution in [0, 0.1) is 6.92 Å². The van der Waals surface area contributed by atoms with Crippen molar-refractivity contribution in [3.05, 3.63) is 35.2 Å². The predicted octanol–water partition coefficient (Wildman–Crippen LogP) is 5.02. The number of aliphatic imine (C=N–C) groups is 1. The van der Waals surface area contributed by atoms with Crippen molar-refractivity contribution < 1.29 is 0 Å².